The van der Waals surface area contributed by atoms with E-state index in [-0.39, 0.29) is 22.6 Å². The molecule has 5 rings (SSSR count). The van der Waals surface area contributed by atoms with Crippen molar-refractivity contribution in [3.63, 3.8) is 0 Å². The number of aromatic nitrogens is 1. The van der Waals surface area contributed by atoms with Crippen LogP contribution in [0.3, 0.4) is 0 Å². The fourth-order valence-electron chi connectivity index (χ4n) is 4.37. The first-order chi connectivity index (χ1) is 17.3. The van der Waals surface area contributed by atoms with Crippen molar-refractivity contribution < 1.29 is 14.4 Å². The summed E-state index contributed by atoms with van der Waals surface area (Å²) in [6.45, 7) is 2.38. The SMILES string of the molecule is CC(=O)c1ccc2n1Cc1ccccc1N(C(=O)c1ccc(NC(=O)c3ccc(Cl)cc3Cl)cc1)C2. The van der Waals surface area contributed by atoms with Crippen LogP contribution in [0.2, 0.25) is 10.0 Å². The van der Waals surface area contributed by atoms with Crippen molar-refractivity contribution in [3.05, 3.63) is 117 Å². The number of fused-ring (bicyclic) bond motifs is 2. The lowest BCUT2D eigenvalue weighted by Crippen LogP contribution is -2.30. The van der Waals surface area contributed by atoms with Crippen molar-refractivity contribution in [2.24, 2.45) is 0 Å². The molecule has 0 atom stereocenters. The third kappa shape index (κ3) is 4.53. The van der Waals surface area contributed by atoms with E-state index in [0.717, 1.165) is 16.9 Å². The fraction of sp³-hybridized carbons (Fsp3) is 0.107. The number of ketones is 1. The van der Waals surface area contributed by atoms with E-state index in [2.05, 4.69) is 5.32 Å². The molecule has 0 fully saturated rings. The number of hydrogen-bond acceptors (Lipinski definition) is 3. The Hall–Kier alpha value is -3.87. The maximum absolute atomic E-state index is 13.6. The van der Waals surface area contributed by atoms with Gasteiger partial charge in [0.1, 0.15) is 0 Å². The number of benzene rings is 3. The number of carbonyl (C=O) groups is 3. The number of halogens is 2. The molecular weight excluding hydrogens is 497 g/mol. The van der Waals surface area contributed by atoms with Crippen LogP contribution in [0.15, 0.2) is 78.9 Å². The molecule has 0 radical (unpaired) electrons. The molecule has 1 aliphatic rings. The lowest BCUT2D eigenvalue weighted by atomic mass is 10.1. The summed E-state index contributed by atoms with van der Waals surface area (Å²) in [7, 11) is 0. The summed E-state index contributed by atoms with van der Waals surface area (Å²) in [5, 5.41) is 3.49. The Morgan fingerprint density at radius 1 is 0.861 bits per heavy atom. The van der Waals surface area contributed by atoms with Gasteiger partial charge >= 0.3 is 0 Å². The summed E-state index contributed by atoms with van der Waals surface area (Å²) < 4.78 is 1.97. The molecule has 0 spiro atoms. The van der Waals surface area contributed by atoms with Crippen LogP contribution >= 0.6 is 23.2 Å². The minimum Gasteiger partial charge on any atom is -0.336 e. The van der Waals surface area contributed by atoms with E-state index >= 15 is 0 Å². The first-order valence-corrected chi connectivity index (χ1v) is 12.0. The first kappa shape index (κ1) is 23.9. The number of Topliss-reactive ketones (excluding diaryl/α,β-unsaturated/α-hetero) is 1. The minimum atomic E-state index is -0.376. The number of hydrogen-bond donors (Lipinski definition) is 1. The summed E-state index contributed by atoms with van der Waals surface area (Å²) in [5.74, 6) is -0.574. The zero-order valence-electron chi connectivity index (χ0n) is 19.3. The maximum Gasteiger partial charge on any atom is 0.258 e. The molecule has 36 heavy (non-hydrogen) atoms. The number of carbonyl (C=O) groups excluding carboxylic acids is 3. The molecule has 1 N–H and O–H groups in total. The van der Waals surface area contributed by atoms with Gasteiger partial charge in [-0.3, -0.25) is 14.4 Å². The molecule has 0 saturated carbocycles. The Kier molecular flexibility index (Phi) is 6.39. The van der Waals surface area contributed by atoms with Crippen LogP contribution in [0.5, 0.6) is 0 Å². The van der Waals surface area contributed by atoms with Crippen LogP contribution in [0.1, 0.15) is 49.4 Å². The van der Waals surface area contributed by atoms with E-state index in [1.807, 2.05) is 34.9 Å². The highest BCUT2D eigenvalue weighted by Crippen LogP contribution is 2.31. The molecule has 1 aliphatic heterocycles. The van der Waals surface area contributed by atoms with Crippen molar-refractivity contribution in [3.8, 4) is 0 Å². The summed E-state index contributed by atoms with van der Waals surface area (Å²) in [6.07, 6.45) is 0. The van der Waals surface area contributed by atoms with Gasteiger partial charge in [0.25, 0.3) is 11.8 Å². The molecule has 0 aliphatic carbocycles. The molecule has 2 amide bonds. The zero-order valence-corrected chi connectivity index (χ0v) is 20.8. The van der Waals surface area contributed by atoms with Crippen LogP contribution in [-0.2, 0) is 13.1 Å². The number of para-hydroxylation sites is 1. The van der Waals surface area contributed by atoms with Crippen LogP contribution in [0.25, 0.3) is 0 Å². The Bertz CT molecular complexity index is 1510. The topological polar surface area (TPSA) is 71.4 Å². The van der Waals surface area contributed by atoms with Gasteiger partial charge in [0.15, 0.2) is 5.78 Å². The van der Waals surface area contributed by atoms with Crippen LogP contribution in [0.4, 0.5) is 11.4 Å². The number of amides is 2. The number of nitrogens with zero attached hydrogens (tertiary/aromatic N) is 2. The van der Waals surface area contributed by atoms with Crippen molar-refractivity contribution >= 4 is 52.2 Å². The minimum absolute atomic E-state index is 0.0176. The summed E-state index contributed by atoms with van der Waals surface area (Å²) in [4.78, 5) is 40.1. The highest BCUT2D eigenvalue weighted by molar-refractivity contribution is 6.37. The molecule has 4 aromatic rings. The van der Waals surface area contributed by atoms with Gasteiger partial charge in [-0.1, -0.05) is 41.4 Å². The zero-order chi connectivity index (χ0) is 25.4. The van der Waals surface area contributed by atoms with Gasteiger partial charge in [0.05, 0.1) is 29.4 Å². The van der Waals surface area contributed by atoms with E-state index in [0.29, 0.717) is 40.6 Å². The van der Waals surface area contributed by atoms with Crippen molar-refractivity contribution in [1.29, 1.82) is 0 Å². The Labute approximate surface area is 218 Å². The van der Waals surface area contributed by atoms with E-state index < -0.39 is 0 Å². The van der Waals surface area contributed by atoms with Crippen molar-refractivity contribution in [1.82, 2.24) is 4.57 Å². The molecule has 0 saturated heterocycles. The van der Waals surface area contributed by atoms with E-state index in [1.54, 1.807) is 54.3 Å². The second kappa shape index (κ2) is 9.64. The number of anilines is 2. The summed E-state index contributed by atoms with van der Waals surface area (Å²) in [6, 6.07) is 22.8. The van der Waals surface area contributed by atoms with Gasteiger partial charge in [-0.25, -0.2) is 0 Å². The van der Waals surface area contributed by atoms with Gasteiger partial charge in [0.2, 0.25) is 0 Å². The number of rotatable bonds is 4. The van der Waals surface area contributed by atoms with Gasteiger partial charge in [-0.2, -0.15) is 0 Å². The largest absolute Gasteiger partial charge is 0.336 e. The van der Waals surface area contributed by atoms with Crippen molar-refractivity contribution in [2.75, 3.05) is 10.2 Å². The van der Waals surface area contributed by atoms with E-state index in [4.69, 9.17) is 23.2 Å². The van der Waals surface area contributed by atoms with Crippen molar-refractivity contribution in [2.45, 2.75) is 20.0 Å². The normalized spacial score (nSPS) is 12.4. The predicted octanol–water partition coefficient (Wildman–Crippen LogP) is 6.46. The molecule has 3 aromatic carbocycles. The van der Waals surface area contributed by atoms with E-state index in [9.17, 15) is 14.4 Å². The van der Waals surface area contributed by atoms with Gasteiger partial charge in [-0.05, 0) is 66.2 Å². The summed E-state index contributed by atoms with van der Waals surface area (Å²) >= 11 is 12.0. The third-order valence-corrected chi connectivity index (χ3v) is 6.72. The average Bonchev–Trinajstić information content (AvgIpc) is 3.17. The maximum atomic E-state index is 13.6. The van der Waals surface area contributed by atoms with Crippen LogP contribution in [0, 0.1) is 0 Å². The monoisotopic (exact) mass is 517 g/mol. The Balaban J connectivity index is 1.40. The number of nitrogens with one attached hydrogen (secondary N) is 1. The second-order valence-electron chi connectivity index (χ2n) is 8.53. The second-order valence-corrected chi connectivity index (χ2v) is 9.37. The predicted molar refractivity (Wildman–Crippen MR) is 141 cm³/mol. The molecule has 8 heteroatoms. The molecule has 1 aromatic heterocycles. The molecule has 6 nitrogen and oxygen atoms in total. The third-order valence-electron chi connectivity index (χ3n) is 6.17. The first-order valence-electron chi connectivity index (χ1n) is 11.3. The standard InChI is InChI=1S/C28H21Cl2N3O3/c1-17(34)25-13-11-22-16-33(26-5-3-2-4-19(26)15-32(22)25)28(36)18-6-9-21(10-7-18)31-27(35)23-12-8-20(29)14-24(23)30/h2-14H,15-16H2,1H3,(H,31,35). The smallest absolute Gasteiger partial charge is 0.258 e. The van der Waals surface area contributed by atoms with Gasteiger partial charge in [-0.15, -0.1) is 0 Å². The Morgan fingerprint density at radius 3 is 2.33 bits per heavy atom. The van der Waals surface area contributed by atoms with Gasteiger partial charge in [0, 0.05) is 34.6 Å². The fourth-order valence-corrected chi connectivity index (χ4v) is 4.87. The van der Waals surface area contributed by atoms with Crippen LogP contribution in [-0.4, -0.2) is 22.2 Å². The molecule has 2 heterocycles. The highest BCUT2D eigenvalue weighted by Gasteiger charge is 2.26. The highest BCUT2D eigenvalue weighted by atomic mass is 35.5. The quantitative estimate of drug-likeness (QED) is 0.316. The molecule has 0 bridgehead atoms. The Morgan fingerprint density at radius 2 is 1.61 bits per heavy atom. The van der Waals surface area contributed by atoms with Crippen LogP contribution < -0.4 is 10.2 Å². The molecule has 180 valence electrons. The lowest BCUT2D eigenvalue weighted by Gasteiger charge is -2.23. The summed E-state index contributed by atoms with van der Waals surface area (Å²) in [5.41, 5.74) is 4.55. The van der Waals surface area contributed by atoms with Gasteiger partial charge < -0.3 is 14.8 Å². The molecule has 0 unspecified atom stereocenters. The molecular formula is C28H21Cl2N3O3. The average molecular weight is 518 g/mol. The lowest BCUT2D eigenvalue weighted by molar-refractivity contribution is 0.0983. The van der Waals surface area contributed by atoms with E-state index in [1.165, 1.54) is 6.07 Å².